The van der Waals surface area contributed by atoms with Crippen LogP contribution in [0.25, 0.3) is 27.9 Å². The number of halogens is 2. The summed E-state index contributed by atoms with van der Waals surface area (Å²) in [6.07, 6.45) is 3.77. The molecule has 32 heavy (non-hydrogen) atoms. The Morgan fingerprint density at radius 3 is 2.75 bits per heavy atom. The van der Waals surface area contributed by atoms with Gasteiger partial charge in [-0.15, -0.1) is 5.10 Å². The van der Waals surface area contributed by atoms with Crippen molar-refractivity contribution in [2.75, 3.05) is 25.5 Å². The number of alkyl halides is 2. The van der Waals surface area contributed by atoms with Crippen LogP contribution in [0.2, 0.25) is 0 Å². The van der Waals surface area contributed by atoms with Gasteiger partial charge >= 0.3 is 0 Å². The third kappa shape index (κ3) is 3.48. The Balaban J connectivity index is 1.48. The lowest BCUT2D eigenvalue weighted by Gasteiger charge is -2.36. The summed E-state index contributed by atoms with van der Waals surface area (Å²) < 4.78 is 32.5. The van der Waals surface area contributed by atoms with Crippen molar-refractivity contribution in [1.82, 2.24) is 34.0 Å². The average molecular weight is 441 g/mol. The van der Waals surface area contributed by atoms with Gasteiger partial charge in [-0.05, 0) is 52.4 Å². The fraction of sp³-hybridized carbons (Fsp3) is 0.455. The maximum atomic E-state index is 14.4. The Morgan fingerprint density at radius 1 is 1.19 bits per heavy atom. The SMILES string of the molecule is Cc1nc2ccc(-c3ccn4nc(N[C@@H]5CCN(C)CC5(F)F)ncc34)nc2n1C(C)C. The molecule has 0 aromatic carbocycles. The first-order valence-corrected chi connectivity index (χ1v) is 10.8. The van der Waals surface area contributed by atoms with E-state index in [0.29, 0.717) is 13.0 Å². The minimum Gasteiger partial charge on any atom is -0.344 e. The van der Waals surface area contributed by atoms with Gasteiger partial charge in [0.15, 0.2) is 5.65 Å². The van der Waals surface area contributed by atoms with Crippen molar-refractivity contribution < 1.29 is 8.78 Å². The highest BCUT2D eigenvalue weighted by Gasteiger charge is 2.44. The van der Waals surface area contributed by atoms with Gasteiger partial charge in [0.1, 0.15) is 11.3 Å². The van der Waals surface area contributed by atoms with Crippen LogP contribution < -0.4 is 5.32 Å². The Kier molecular flexibility index (Phi) is 4.85. The zero-order chi connectivity index (χ0) is 22.6. The van der Waals surface area contributed by atoms with Crippen LogP contribution in [0.5, 0.6) is 0 Å². The van der Waals surface area contributed by atoms with Crippen LogP contribution >= 0.6 is 0 Å². The Hall–Kier alpha value is -3.14. The lowest BCUT2D eigenvalue weighted by atomic mass is 10.0. The number of nitrogens with zero attached hydrogens (tertiary/aromatic N) is 7. The summed E-state index contributed by atoms with van der Waals surface area (Å²) in [6, 6.07) is 5.05. The highest BCUT2D eigenvalue weighted by Crippen LogP contribution is 2.30. The molecule has 1 N–H and O–H groups in total. The van der Waals surface area contributed by atoms with Gasteiger partial charge in [-0.2, -0.15) is 0 Å². The minimum absolute atomic E-state index is 0.186. The van der Waals surface area contributed by atoms with Gasteiger partial charge < -0.3 is 14.8 Å². The minimum atomic E-state index is -2.84. The fourth-order valence-corrected chi connectivity index (χ4v) is 4.48. The number of aryl methyl sites for hydroxylation is 1. The van der Waals surface area contributed by atoms with Crippen LogP contribution in [0.15, 0.2) is 30.6 Å². The molecule has 1 aliphatic rings. The number of piperidine rings is 1. The Bertz CT molecular complexity index is 1290. The lowest BCUT2D eigenvalue weighted by Crippen LogP contribution is -2.53. The molecule has 0 radical (unpaired) electrons. The number of anilines is 1. The van der Waals surface area contributed by atoms with Crippen molar-refractivity contribution in [3.8, 4) is 11.3 Å². The number of rotatable bonds is 4. The molecule has 0 amide bonds. The quantitative estimate of drug-likeness (QED) is 0.521. The van der Waals surface area contributed by atoms with Gasteiger partial charge in [0, 0.05) is 24.3 Å². The maximum absolute atomic E-state index is 14.4. The lowest BCUT2D eigenvalue weighted by molar-refractivity contribution is -0.0675. The molecule has 168 valence electrons. The molecule has 4 aromatic rings. The van der Waals surface area contributed by atoms with Gasteiger partial charge in [0.05, 0.1) is 30.0 Å². The van der Waals surface area contributed by atoms with E-state index >= 15 is 0 Å². The summed E-state index contributed by atoms with van der Waals surface area (Å²) in [7, 11) is 1.70. The molecular weight excluding hydrogens is 414 g/mol. The highest BCUT2D eigenvalue weighted by molar-refractivity contribution is 5.82. The third-order valence-corrected chi connectivity index (χ3v) is 6.02. The molecule has 10 heteroatoms. The van der Waals surface area contributed by atoms with E-state index < -0.39 is 12.0 Å². The first kappa shape index (κ1) is 20.7. The zero-order valence-electron chi connectivity index (χ0n) is 18.5. The predicted molar refractivity (Wildman–Crippen MR) is 119 cm³/mol. The summed E-state index contributed by atoms with van der Waals surface area (Å²) in [5.41, 5.74) is 4.10. The van der Waals surface area contributed by atoms with Crippen LogP contribution in [0.1, 0.15) is 32.1 Å². The molecule has 0 aliphatic carbocycles. The van der Waals surface area contributed by atoms with Crippen molar-refractivity contribution in [1.29, 1.82) is 0 Å². The van der Waals surface area contributed by atoms with Gasteiger partial charge in [0.25, 0.3) is 5.92 Å². The Labute approximate surface area is 184 Å². The van der Waals surface area contributed by atoms with E-state index in [1.54, 1.807) is 28.9 Å². The van der Waals surface area contributed by atoms with Crippen LogP contribution in [-0.2, 0) is 0 Å². The van der Waals surface area contributed by atoms with Crippen molar-refractivity contribution in [3.63, 3.8) is 0 Å². The second-order valence-electron chi connectivity index (χ2n) is 8.79. The van der Waals surface area contributed by atoms with Crippen LogP contribution in [0.3, 0.4) is 0 Å². The van der Waals surface area contributed by atoms with Crippen molar-refractivity contribution in [2.45, 2.75) is 45.2 Å². The Morgan fingerprint density at radius 2 is 2.00 bits per heavy atom. The number of hydrogen-bond acceptors (Lipinski definition) is 6. The first-order valence-electron chi connectivity index (χ1n) is 10.8. The van der Waals surface area contributed by atoms with E-state index in [1.807, 2.05) is 25.1 Å². The first-order chi connectivity index (χ1) is 15.2. The summed E-state index contributed by atoms with van der Waals surface area (Å²) in [5.74, 6) is -1.73. The zero-order valence-corrected chi connectivity index (χ0v) is 18.5. The summed E-state index contributed by atoms with van der Waals surface area (Å²) in [6.45, 7) is 6.51. The number of fused-ring (bicyclic) bond motifs is 2. The second kappa shape index (κ2) is 7.47. The van der Waals surface area contributed by atoms with E-state index in [4.69, 9.17) is 4.98 Å². The maximum Gasteiger partial charge on any atom is 0.280 e. The van der Waals surface area contributed by atoms with Crippen molar-refractivity contribution in [3.05, 3.63) is 36.4 Å². The molecule has 0 saturated carbocycles. The van der Waals surface area contributed by atoms with Crippen LogP contribution in [0, 0.1) is 6.92 Å². The summed E-state index contributed by atoms with van der Waals surface area (Å²) in [4.78, 5) is 15.4. The molecule has 0 bridgehead atoms. The topological polar surface area (TPSA) is 76.2 Å². The molecule has 8 nitrogen and oxygen atoms in total. The molecule has 5 heterocycles. The molecule has 1 atom stereocenters. The van der Waals surface area contributed by atoms with Gasteiger partial charge in [-0.25, -0.2) is 28.2 Å². The van der Waals surface area contributed by atoms with E-state index in [-0.39, 0.29) is 18.5 Å². The molecule has 0 unspecified atom stereocenters. The number of aromatic nitrogens is 6. The normalized spacial score (nSPS) is 19.3. The van der Waals surface area contributed by atoms with Crippen LogP contribution in [0.4, 0.5) is 14.7 Å². The van der Waals surface area contributed by atoms with Gasteiger partial charge in [-0.1, -0.05) is 0 Å². The number of nitrogens with one attached hydrogen (secondary N) is 1. The van der Waals surface area contributed by atoms with Crippen LogP contribution in [-0.4, -0.2) is 66.1 Å². The molecule has 1 aliphatic heterocycles. The van der Waals surface area contributed by atoms with E-state index in [0.717, 1.165) is 33.8 Å². The smallest absolute Gasteiger partial charge is 0.280 e. The molecule has 5 rings (SSSR count). The van der Waals surface area contributed by atoms with Gasteiger partial charge in [0.2, 0.25) is 5.95 Å². The van der Waals surface area contributed by atoms with Crippen molar-refractivity contribution >= 4 is 22.6 Å². The largest absolute Gasteiger partial charge is 0.344 e. The number of pyridine rings is 1. The number of hydrogen-bond donors (Lipinski definition) is 1. The molecular formula is C22H26F2N8. The predicted octanol–water partition coefficient (Wildman–Crippen LogP) is 3.78. The van der Waals surface area contributed by atoms with E-state index in [1.165, 1.54) is 0 Å². The number of likely N-dealkylation sites (tertiary alicyclic amines) is 1. The summed E-state index contributed by atoms with van der Waals surface area (Å²) >= 11 is 0. The van der Waals surface area contributed by atoms with Gasteiger partial charge in [-0.3, -0.25) is 0 Å². The average Bonchev–Trinajstić information content (AvgIpc) is 3.28. The third-order valence-electron chi connectivity index (χ3n) is 6.02. The molecule has 4 aromatic heterocycles. The molecule has 1 saturated heterocycles. The van der Waals surface area contributed by atoms with E-state index in [2.05, 4.69) is 38.8 Å². The monoisotopic (exact) mass is 440 g/mol. The van der Waals surface area contributed by atoms with Crippen molar-refractivity contribution in [2.24, 2.45) is 0 Å². The second-order valence-corrected chi connectivity index (χ2v) is 8.79. The number of imidazole rings is 1. The molecule has 1 fully saturated rings. The fourth-order valence-electron chi connectivity index (χ4n) is 4.48. The van der Waals surface area contributed by atoms with E-state index in [9.17, 15) is 8.78 Å². The summed E-state index contributed by atoms with van der Waals surface area (Å²) in [5, 5.41) is 7.25. The standard InChI is InChI=1S/C22H26F2N8/c1-13(2)32-14(3)26-17-6-5-16(27-20(17)32)15-7-10-31-18(15)11-25-21(29-31)28-19-8-9-30(4)12-22(19,23)24/h5-7,10-11,13,19H,8-9,12H2,1-4H3,(H,28,29)/t19-/m1/s1. The highest BCUT2D eigenvalue weighted by atomic mass is 19.3. The molecule has 0 spiro atoms.